The quantitative estimate of drug-likeness (QED) is 0.166. The topological polar surface area (TPSA) is 52.9 Å². The van der Waals surface area contributed by atoms with Crippen LogP contribution in [0.1, 0.15) is 40.7 Å². The van der Waals surface area contributed by atoms with Gasteiger partial charge in [0.15, 0.2) is 5.78 Å². The molecule has 1 fully saturated rings. The van der Waals surface area contributed by atoms with Crippen molar-refractivity contribution in [1.29, 1.82) is 0 Å². The van der Waals surface area contributed by atoms with E-state index in [1.54, 1.807) is 14.2 Å². The summed E-state index contributed by atoms with van der Waals surface area (Å²) in [5.41, 5.74) is 7.92. The molecule has 0 unspecified atom stereocenters. The van der Waals surface area contributed by atoms with Gasteiger partial charge in [0.25, 0.3) is 0 Å². The number of hydrogen-bond acceptors (Lipinski definition) is 5. The summed E-state index contributed by atoms with van der Waals surface area (Å²) in [5, 5.41) is 0.966. The lowest BCUT2D eigenvalue weighted by molar-refractivity contribution is 0.104. The number of likely N-dealkylation sites (tertiary alicyclic amines) is 1. The number of ketones is 1. The molecule has 1 saturated heterocycles. The van der Waals surface area contributed by atoms with E-state index in [-0.39, 0.29) is 5.78 Å². The Morgan fingerprint density at radius 3 is 2.18 bits per heavy atom. The Labute approximate surface area is 258 Å². The van der Waals surface area contributed by atoms with Gasteiger partial charge in [0.1, 0.15) is 23.9 Å². The van der Waals surface area contributed by atoms with Gasteiger partial charge in [-0.15, -0.1) is 0 Å². The summed E-state index contributed by atoms with van der Waals surface area (Å²) in [6.45, 7) is 4.69. The maximum atomic E-state index is 14.4. The molecule has 4 aromatic carbocycles. The summed E-state index contributed by atoms with van der Waals surface area (Å²) in [5.74, 6) is 2.47. The normalized spacial score (nSPS) is 14.6. The Bertz CT molecular complexity index is 1800. The predicted octanol–water partition coefficient (Wildman–Crippen LogP) is 7.64. The minimum absolute atomic E-state index is 0.0180. The summed E-state index contributed by atoms with van der Waals surface area (Å²) in [7, 11) is 3.37. The molecule has 224 valence electrons. The van der Waals surface area contributed by atoms with Gasteiger partial charge in [-0.3, -0.25) is 9.69 Å². The summed E-state index contributed by atoms with van der Waals surface area (Å²) in [4.78, 5) is 16.9. The van der Waals surface area contributed by atoms with Crippen LogP contribution in [0.25, 0.3) is 33.3 Å². The lowest BCUT2D eigenvalue weighted by Crippen LogP contribution is -2.33. The van der Waals surface area contributed by atoms with Gasteiger partial charge in [0.2, 0.25) is 0 Å². The van der Waals surface area contributed by atoms with E-state index in [2.05, 4.69) is 51.9 Å². The molecule has 0 spiro atoms. The molecule has 0 atom stereocenters. The number of nitrogens with zero attached hydrogens (tertiary/aromatic N) is 2. The van der Waals surface area contributed by atoms with Crippen molar-refractivity contribution >= 4 is 16.7 Å². The standard InChI is InChI=1S/C38H38N2O4/c1-42-30-11-6-26(7-12-30)28-10-16-34-35(25-28)40-21-18-29-24-32(43-2)15-17-33(29)37(40)36(34)38(41)27-8-13-31(14-9-27)44-23-22-39-19-4-3-5-20-39/h6-17,24-25H,3-5,18-23H2,1-2H3. The molecule has 0 N–H and O–H groups in total. The SMILES string of the molecule is COc1ccc(-c2ccc3c(C(=O)c4ccc(OCCN5CCCCC5)cc4)c4n(c3c2)CCc2cc(OC)ccc2-4)cc1. The van der Waals surface area contributed by atoms with Crippen LogP contribution in [0.5, 0.6) is 17.2 Å². The average molecular weight is 587 g/mol. The van der Waals surface area contributed by atoms with Crippen LogP contribution in [0.15, 0.2) is 84.9 Å². The number of fused-ring (bicyclic) bond motifs is 5. The van der Waals surface area contributed by atoms with Gasteiger partial charge in [0, 0.05) is 35.1 Å². The molecule has 1 aromatic heterocycles. The molecule has 0 aliphatic carbocycles. The zero-order valence-corrected chi connectivity index (χ0v) is 25.5. The van der Waals surface area contributed by atoms with Gasteiger partial charge in [-0.2, -0.15) is 0 Å². The third-order valence-corrected chi connectivity index (χ3v) is 9.13. The Hall–Kier alpha value is -4.55. The molecule has 6 heteroatoms. The highest BCUT2D eigenvalue weighted by molar-refractivity contribution is 6.21. The molecule has 0 amide bonds. The second-order valence-corrected chi connectivity index (χ2v) is 11.7. The van der Waals surface area contributed by atoms with Crippen LogP contribution in [-0.4, -0.2) is 55.7 Å². The zero-order valence-electron chi connectivity index (χ0n) is 25.5. The fourth-order valence-electron chi connectivity index (χ4n) is 6.74. The van der Waals surface area contributed by atoms with Crippen molar-refractivity contribution in [2.24, 2.45) is 0 Å². The summed E-state index contributed by atoms with van der Waals surface area (Å²) < 4.78 is 19.3. The number of aryl methyl sites for hydroxylation is 2. The van der Waals surface area contributed by atoms with Crippen molar-refractivity contribution in [3.8, 4) is 39.6 Å². The highest BCUT2D eigenvalue weighted by atomic mass is 16.5. The van der Waals surface area contributed by atoms with Gasteiger partial charge >= 0.3 is 0 Å². The smallest absolute Gasteiger partial charge is 0.195 e. The lowest BCUT2D eigenvalue weighted by atomic mass is 9.92. The number of piperidine rings is 1. The fraction of sp³-hybridized carbons (Fsp3) is 0.289. The molecule has 6 nitrogen and oxygen atoms in total. The van der Waals surface area contributed by atoms with Crippen molar-refractivity contribution in [3.63, 3.8) is 0 Å². The van der Waals surface area contributed by atoms with Crippen LogP contribution in [-0.2, 0) is 13.0 Å². The van der Waals surface area contributed by atoms with Gasteiger partial charge in [-0.1, -0.05) is 30.7 Å². The van der Waals surface area contributed by atoms with E-state index < -0.39 is 0 Å². The van der Waals surface area contributed by atoms with Crippen molar-refractivity contribution < 1.29 is 19.0 Å². The van der Waals surface area contributed by atoms with E-state index in [0.717, 1.165) is 88.7 Å². The molecule has 0 radical (unpaired) electrons. The molecule has 5 aromatic rings. The lowest BCUT2D eigenvalue weighted by Gasteiger charge is -2.26. The van der Waals surface area contributed by atoms with E-state index in [0.29, 0.717) is 12.2 Å². The third kappa shape index (κ3) is 5.35. The van der Waals surface area contributed by atoms with Crippen molar-refractivity contribution in [2.75, 3.05) is 40.5 Å². The molecule has 7 rings (SSSR count). The molecule has 44 heavy (non-hydrogen) atoms. The number of hydrogen-bond donors (Lipinski definition) is 0. The summed E-state index contributed by atoms with van der Waals surface area (Å²) >= 11 is 0. The number of aromatic nitrogens is 1. The number of methoxy groups -OCH3 is 2. The minimum Gasteiger partial charge on any atom is -0.497 e. The van der Waals surface area contributed by atoms with Crippen LogP contribution in [0.2, 0.25) is 0 Å². The second kappa shape index (κ2) is 12.2. The monoisotopic (exact) mass is 586 g/mol. The largest absolute Gasteiger partial charge is 0.497 e. The first-order valence-corrected chi connectivity index (χ1v) is 15.6. The predicted molar refractivity (Wildman–Crippen MR) is 175 cm³/mol. The Kier molecular flexibility index (Phi) is 7.84. The molecule has 2 aliphatic heterocycles. The summed E-state index contributed by atoms with van der Waals surface area (Å²) in [6.07, 6.45) is 4.75. The molecule has 2 aliphatic rings. The first kappa shape index (κ1) is 28.2. The molecule has 3 heterocycles. The molecular formula is C38H38N2O4. The van der Waals surface area contributed by atoms with E-state index in [1.807, 2.05) is 42.5 Å². The molecule has 0 saturated carbocycles. The van der Waals surface area contributed by atoms with Crippen molar-refractivity contribution in [1.82, 2.24) is 9.47 Å². The average Bonchev–Trinajstić information content (AvgIpc) is 3.42. The fourth-order valence-corrected chi connectivity index (χ4v) is 6.74. The Morgan fingerprint density at radius 1 is 0.727 bits per heavy atom. The van der Waals surface area contributed by atoms with Crippen LogP contribution in [0.4, 0.5) is 0 Å². The number of rotatable bonds is 9. The van der Waals surface area contributed by atoms with Crippen LogP contribution < -0.4 is 14.2 Å². The highest BCUT2D eigenvalue weighted by Gasteiger charge is 2.29. The third-order valence-electron chi connectivity index (χ3n) is 9.13. The zero-order chi connectivity index (χ0) is 30.0. The molecular weight excluding hydrogens is 548 g/mol. The number of ether oxygens (including phenoxy) is 3. The minimum atomic E-state index is 0.0180. The Balaban J connectivity index is 1.25. The van der Waals surface area contributed by atoms with E-state index in [1.165, 1.54) is 24.8 Å². The second-order valence-electron chi connectivity index (χ2n) is 11.7. The first-order chi connectivity index (χ1) is 21.6. The van der Waals surface area contributed by atoms with Crippen molar-refractivity contribution in [3.05, 3.63) is 102 Å². The van der Waals surface area contributed by atoms with E-state index >= 15 is 0 Å². The molecule has 0 bridgehead atoms. The van der Waals surface area contributed by atoms with E-state index in [4.69, 9.17) is 14.2 Å². The maximum Gasteiger partial charge on any atom is 0.195 e. The van der Waals surface area contributed by atoms with Crippen molar-refractivity contribution in [2.45, 2.75) is 32.2 Å². The Morgan fingerprint density at radius 2 is 1.43 bits per heavy atom. The van der Waals surface area contributed by atoms with Crippen LogP contribution in [0.3, 0.4) is 0 Å². The maximum absolute atomic E-state index is 14.4. The summed E-state index contributed by atoms with van der Waals surface area (Å²) in [6, 6.07) is 28.4. The van der Waals surface area contributed by atoms with Gasteiger partial charge in [0.05, 0.1) is 25.5 Å². The first-order valence-electron chi connectivity index (χ1n) is 15.6. The van der Waals surface area contributed by atoms with Crippen LogP contribution >= 0.6 is 0 Å². The van der Waals surface area contributed by atoms with Crippen LogP contribution in [0, 0.1) is 0 Å². The highest BCUT2D eigenvalue weighted by Crippen LogP contribution is 2.42. The number of benzene rings is 4. The van der Waals surface area contributed by atoms with E-state index in [9.17, 15) is 4.79 Å². The number of carbonyl (C=O) groups is 1. The van der Waals surface area contributed by atoms with Gasteiger partial charge < -0.3 is 18.8 Å². The van der Waals surface area contributed by atoms with Gasteiger partial charge in [-0.05, 0) is 110 Å². The van der Waals surface area contributed by atoms with Gasteiger partial charge in [-0.25, -0.2) is 0 Å². The number of carbonyl (C=O) groups excluding carboxylic acids is 1.